The van der Waals surface area contributed by atoms with Crippen LogP contribution in [0.15, 0.2) is 6.07 Å². The number of carboxylic acids is 1. The van der Waals surface area contributed by atoms with Gasteiger partial charge in [-0.2, -0.15) is 11.8 Å². The number of esters is 1. The standard InChI is InChI=1S/C26H35N5O12S/c1-10-17(34)5-18(35)12-8-44-9-15(22(37)28-11(2)25(40)41)30-21(36)14(7-43-26(42)19(10)12)29-23(38)20-16(33)3-4-31(20)24(39)13(27)6-32/h5,11,13-16,20,32-35H,3-4,6-9,27H2,1-2H3,(H,28,37)(H,29,38)(H,30,36)(H,40,41)/t11-,13-,14-,15-,16-,20-/m0/s1. The number of nitrogens with two attached hydrogens (primary N) is 1. The number of likely N-dealkylation sites (tertiary alicyclic amines) is 1. The Balaban J connectivity index is 1.96. The minimum atomic E-state index is -1.70. The van der Waals surface area contributed by atoms with E-state index in [9.17, 15) is 54.3 Å². The number of amides is 4. The molecule has 242 valence electrons. The number of aromatic hydroxyl groups is 2. The molecule has 0 aromatic heterocycles. The summed E-state index contributed by atoms with van der Waals surface area (Å²) in [7, 11) is 0. The second kappa shape index (κ2) is 14.6. The van der Waals surface area contributed by atoms with E-state index in [0.717, 1.165) is 22.7 Å². The summed E-state index contributed by atoms with van der Waals surface area (Å²) in [6.07, 6.45) is -1.38. The van der Waals surface area contributed by atoms with Gasteiger partial charge in [0.15, 0.2) is 0 Å². The van der Waals surface area contributed by atoms with E-state index < -0.39 is 96.6 Å². The van der Waals surface area contributed by atoms with Crippen LogP contribution in [0.1, 0.15) is 34.8 Å². The number of phenolic OH excluding ortho intramolecular Hbond substituents is 2. The van der Waals surface area contributed by atoms with Crippen LogP contribution in [0.5, 0.6) is 11.5 Å². The Hall–Kier alpha value is -4.13. The molecule has 2 aliphatic rings. The largest absolute Gasteiger partial charge is 0.508 e. The number of cyclic esters (lactones) is 1. The van der Waals surface area contributed by atoms with E-state index in [0.29, 0.717) is 0 Å². The third-order valence-corrected chi connectivity index (χ3v) is 8.25. The van der Waals surface area contributed by atoms with E-state index in [1.165, 1.54) is 13.8 Å². The van der Waals surface area contributed by atoms with Crippen molar-refractivity contribution in [3.05, 3.63) is 22.8 Å². The van der Waals surface area contributed by atoms with Crippen LogP contribution >= 0.6 is 11.8 Å². The van der Waals surface area contributed by atoms with Gasteiger partial charge in [-0.3, -0.25) is 24.0 Å². The third-order valence-electron chi connectivity index (χ3n) is 7.19. The molecule has 17 nitrogen and oxygen atoms in total. The van der Waals surface area contributed by atoms with Crippen LogP contribution < -0.4 is 21.7 Å². The van der Waals surface area contributed by atoms with Crippen molar-refractivity contribution in [2.75, 3.05) is 25.5 Å². The molecule has 44 heavy (non-hydrogen) atoms. The Morgan fingerprint density at radius 3 is 2.52 bits per heavy atom. The van der Waals surface area contributed by atoms with Gasteiger partial charge < -0.3 is 56.9 Å². The van der Waals surface area contributed by atoms with E-state index in [4.69, 9.17) is 10.5 Å². The first-order valence-corrected chi connectivity index (χ1v) is 14.6. The third kappa shape index (κ3) is 7.68. The fraction of sp³-hybridized carbons (Fsp3) is 0.538. The molecule has 0 aliphatic carbocycles. The average Bonchev–Trinajstić information content (AvgIpc) is 3.36. The van der Waals surface area contributed by atoms with Crippen LogP contribution in [0.25, 0.3) is 0 Å². The number of benzene rings is 1. The number of hydrogen-bond acceptors (Lipinski definition) is 13. The highest BCUT2D eigenvalue weighted by Crippen LogP contribution is 2.35. The van der Waals surface area contributed by atoms with E-state index in [1.54, 1.807) is 0 Å². The highest BCUT2D eigenvalue weighted by atomic mass is 32.2. The molecule has 1 aromatic rings. The number of nitrogens with zero attached hydrogens (tertiary/aromatic N) is 1. The van der Waals surface area contributed by atoms with Gasteiger partial charge in [0.25, 0.3) is 0 Å². The molecule has 6 atom stereocenters. The zero-order chi connectivity index (χ0) is 32.9. The molecule has 2 aliphatic heterocycles. The molecule has 0 bridgehead atoms. The second-order valence-electron chi connectivity index (χ2n) is 10.3. The average molecular weight is 642 g/mol. The highest BCUT2D eigenvalue weighted by Gasteiger charge is 2.43. The molecular formula is C26H35N5O12S. The van der Waals surface area contributed by atoms with Gasteiger partial charge in [-0.15, -0.1) is 0 Å². The summed E-state index contributed by atoms with van der Waals surface area (Å²) in [6.45, 7) is 0.965. The molecule has 1 fully saturated rings. The summed E-state index contributed by atoms with van der Waals surface area (Å²) in [6, 6.07) is -6.26. The minimum Gasteiger partial charge on any atom is -0.508 e. The molecule has 0 unspecified atom stereocenters. The number of carbonyl (C=O) groups is 6. The predicted molar refractivity (Wildman–Crippen MR) is 151 cm³/mol. The maximum absolute atomic E-state index is 13.4. The number of rotatable bonds is 7. The van der Waals surface area contributed by atoms with Gasteiger partial charge in [0.05, 0.1) is 18.3 Å². The molecule has 10 N–H and O–H groups in total. The van der Waals surface area contributed by atoms with Crippen molar-refractivity contribution in [3.63, 3.8) is 0 Å². The number of aliphatic carboxylic acids is 1. The lowest BCUT2D eigenvalue weighted by molar-refractivity contribution is -0.143. The van der Waals surface area contributed by atoms with E-state index in [-0.39, 0.29) is 41.2 Å². The summed E-state index contributed by atoms with van der Waals surface area (Å²) < 4.78 is 5.31. The summed E-state index contributed by atoms with van der Waals surface area (Å²) in [5, 5.41) is 56.6. The van der Waals surface area contributed by atoms with Crippen molar-refractivity contribution in [1.29, 1.82) is 0 Å². The Morgan fingerprint density at radius 1 is 1.20 bits per heavy atom. The number of carboxylic acid groups (broad SMARTS) is 1. The number of fused-ring (bicyclic) bond motifs is 1. The molecule has 18 heteroatoms. The van der Waals surface area contributed by atoms with Gasteiger partial charge in [-0.25, -0.2) is 4.79 Å². The van der Waals surface area contributed by atoms with E-state index >= 15 is 0 Å². The van der Waals surface area contributed by atoms with Crippen molar-refractivity contribution < 1.29 is 59.0 Å². The predicted octanol–water partition coefficient (Wildman–Crippen LogP) is -3.35. The highest BCUT2D eigenvalue weighted by molar-refractivity contribution is 7.98. The van der Waals surface area contributed by atoms with Crippen LogP contribution in [0.3, 0.4) is 0 Å². The Kier molecular flexibility index (Phi) is 11.4. The van der Waals surface area contributed by atoms with E-state index in [2.05, 4.69) is 16.0 Å². The number of phenols is 2. The van der Waals surface area contributed by atoms with Gasteiger partial charge in [-0.05, 0) is 20.3 Å². The first-order valence-electron chi connectivity index (χ1n) is 13.5. The van der Waals surface area contributed by atoms with Gasteiger partial charge in [0.2, 0.25) is 23.6 Å². The van der Waals surface area contributed by atoms with Gasteiger partial charge >= 0.3 is 11.9 Å². The van der Waals surface area contributed by atoms with Crippen molar-refractivity contribution in [1.82, 2.24) is 20.9 Å². The van der Waals surface area contributed by atoms with Crippen LogP contribution in [-0.4, -0.2) is 128 Å². The maximum Gasteiger partial charge on any atom is 0.339 e. The number of aliphatic hydroxyl groups excluding tert-OH is 2. The Bertz CT molecular complexity index is 1330. The van der Waals surface area contributed by atoms with Crippen molar-refractivity contribution >= 4 is 47.3 Å². The summed E-state index contributed by atoms with van der Waals surface area (Å²) in [5.74, 6) is -7.27. The van der Waals surface area contributed by atoms with Crippen LogP contribution in [0.2, 0.25) is 0 Å². The smallest absolute Gasteiger partial charge is 0.339 e. The normalized spacial score (nSPS) is 24.0. The van der Waals surface area contributed by atoms with Crippen molar-refractivity contribution in [3.8, 4) is 11.5 Å². The number of ether oxygens (including phenoxy) is 1. The lowest BCUT2D eigenvalue weighted by Gasteiger charge is -2.29. The first-order chi connectivity index (χ1) is 20.7. The number of carbonyl (C=O) groups excluding carboxylic acids is 5. The first kappa shape index (κ1) is 34.4. The van der Waals surface area contributed by atoms with Gasteiger partial charge in [0.1, 0.15) is 48.3 Å². The lowest BCUT2D eigenvalue weighted by Crippen LogP contribution is -2.61. The topological polar surface area (TPSA) is 278 Å². The van der Waals surface area contributed by atoms with Crippen molar-refractivity contribution in [2.45, 2.75) is 62.3 Å². The number of hydrogen-bond donors (Lipinski definition) is 9. The maximum atomic E-state index is 13.4. The molecule has 2 heterocycles. The quantitative estimate of drug-likeness (QED) is 0.132. The fourth-order valence-corrected chi connectivity index (χ4v) is 5.73. The van der Waals surface area contributed by atoms with Crippen LogP contribution in [0, 0.1) is 6.92 Å². The molecule has 0 radical (unpaired) electrons. The monoisotopic (exact) mass is 641 g/mol. The summed E-state index contributed by atoms with van der Waals surface area (Å²) in [5.41, 5.74) is 5.51. The molecule has 0 spiro atoms. The number of aliphatic hydroxyl groups is 2. The Labute approximate surface area is 255 Å². The van der Waals surface area contributed by atoms with E-state index in [1.807, 2.05) is 0 Å². The second-order valence-corrected chi connectivity index (χ2v) is 11.3. The minimum absolute atomic E-state index is 0.0158. The summed E-state index contributed by atoms with van der Waals surface area (Å²) in [4.78, 5) is 77.7. The molecule has 1 saturated heterocycles. The molecule has 4 amide bonds. The Morgan fingerprint density at radius 2 is 1.89 bits per heavy atom. The zero-order valence-corrected chi connectivity index (χ0v) is 24.6. The number of nitrogens with one attached hydrogen (secondary N) is 3. The zero-order valence-electron chi connectivity index (χ0n) is 23.8. The lowest BCUT2D eigenvalue weighted by atomic mass is 10.0. The van der Waals surface area contributed by atoms with Crippen LogP contribution in [-0.2, 0) is 34.5 Å². The molecule has 0 saturated carbocycles. The molecule has 3 rings (SSSR count). The molecular weight excluding hydrogens is 606 g/mol. The van der Waals surface area contributed by atoms with Crippen LogP contribution in [0.4, 0.5) is 0 Å². The van der Waals surface area contributed by atoms with Gasteiger partial charge in [-0.1, -0.05) is 0 Å². The number of thioether (sulfide) groups is 1. The SMILES string of the molecule is Cc1c(O)cc(O)c2c1C(=O)OC[C@H](NC(=O)[C@@H]1[C@@H](O)CCN1C(=O)[C@@H](N)CO)C(=O)N[C@H](C(=O)N[C@@H](C)C(=O)O)CSC2. The van der Waals surface area contributed by atoms with Crippen molar-refractivity contribution in [2.24, 2.45) is 5.73 Å². The molecule has 1 aromatic carbocycles. The fourth-order valence-electron chi connectivity index (χ4n) is 4.64. The summed E-state index contributed by atoms with van der Waals surface area (Å²) >= 11 is 0.990. The van der Waals surface area contributed by atoms with Gasteiger partial charge in [0, 0.05) is 35.2 Å².